The first kappa shape index (κ1) is 20.2. The molecule has 7 heteroatoms. The maximum atomic E-state index is 12.8. The molecule has 0 spiro atoms. The predicted octanol–water partition coefficient (Wildman–Crippen LogP) is 3.81. The Hall–Kier alpha value is -3.09. The summed E-state index contributed by atoms with van der Waals surface area (Å²) in [4.78, 5) is 25.0. The van der Waals surface area contributed by atoms with Crippen molar-refractivity contribution in [1.82, 2.24) is 4.90 Å². The fourth-order valence-corrected chi connectivity index (χ4v) is 2.57. The summed E-state index contributed by atoms with van der Waals surface area (Å²) in [6.07, 6.45) is 0. The van der Waals surface area contributed by atoms with Gasteiger partial charge in [-0.05, 0) is 32.4 Å². The molecule has 7 nitrogen and oxygen atoms in total. The van der Waals surface area contributed by atoms with Crippen LogP contribution in [-0.2, 0) is 11.3 Å². The first-order chi connectivity index (χ1) is 12.7. The van der Waals surface area contributed by atoms with Crippen LogP contribution < -0.4 is 9.47 Å². The smallest absolute Gasteiger partial charge is 0.273 e. The van der Waals surface area contributed by atoms with E-state index in [-0.39, 0.29) is 24.0 Å². The van der Waals surface area contributed by atoms with E-state index in [9.17, 15) is 14.9 Å². The van der Waals surface area contributed by atoms with Crippen LogP contribution in [-0.4, -0.2) is 35.0 Å². The third-order valence-corrected chi connectivity index (χ3v) is 4.00. The Morgan fingerprint density at radius 1 is 1.11 bits per heavy atom. The maximum absolute atomic E-state index is 12.8. The lowest BCUT2D eigenvalue weighted by molar-refractivity contribution is -0.385. The van der Waals surface area contributed by atoms with E-state index < -0.39 is 10.5 Å². The number of carbonyl (C=O) groups excluding carboxylic acids is 1. The lowest BCUT2D eigenvalue weighted by Gasteiger charge is -2.35. The van der Waals surface area contributed by atoms with Crippen molar-refractivity contribution in [3.05, 3.63) is 64.2 Å². The van der Waals surface area contributed by atoms with E-state index in [1.54, 1.807) is 4.90 Å². The molecule has 144 valence electrons. The molecule has 0 aliphatic rings. The molecule has 27 heavy (non-hydrogen) atoms. The van der Waals surface area contributed by atoms with Crippen molar-refractivity contribution in [2.24, 2.45) is 0 Å². The van der Waals surface area contributed by atoms with Gasteiger partial charge in [-0.3, -0.25) is 14.9 Å². The molecule has 0 saturated carbocycles. The molecule has 2 aromatic rings. The summed E-state index contributed by atoms with van der Waals surface area (Å²) in [6, 6.07) is 13.7. The molecule has 2 aromatic carbocycles. The molecule has 0 N–H and O–H groups in total. The molecule has 0 radical (unpaired) electrons. The van der Waals surface area contributed by atoms with E-state index in [1.165, 1.54) is 25.3 Å². The van der Waals surface area contributed by atoms with Gasteiger partial charge in [0.25, 0.3) is 11.6 Å². The quantitative estimate of drug-likeness (QED) is 0.545. The van der Waals surface area contributed by atoms with E-state index in [0.717, 1.165) is 5.56 Å². The molecular weight excluding hydrogens is 348 g/mol. The first-order valence-electron chi connectivity index (χ1n) is 8.52. The highest BCUT2D eigenvalue weighted by Crippen LogP contribution is 2.31. The molecule has 1 amide bonds. The van der Waals surface area contributed by atoms with Gasteiger partial charge in [0, 0.05) is 18.2 Å². The van der Waals surface area contributed by atoms with Crippen molar-refractivity contribution in [3.8, 4) is 11.5 Å². The summed E-state index contributed by atoms with van der Waals surface area (Å²) >= 11 is 0. The molecule has 0 aliphatic heterocycles. The van der Waals surface area contributed by atoms with Crippen LogP contribution in [0.1, 0.15) is 26.3 Å². The molecule has 0 saturated heterocycles. The molecule has 0 aromatic heterocycles. The monoisotopic (exact) mass is 372 g/mol. The zero-order valence-electron chi connectivity index (χ0n) is 16.0. The molecule has 0 fully saturated rings. The van der Waals surface area contributed by atoms with Gasteiger partial charge in [0.15, 0.2) is 18.1 Å². The number of hydrogen-bond acceptors (Lipinski definition) is 5. The second kappa shape index (κ2) is 8.53. The average molecular weight is 372 g/mol. The van der Waals surface area contributed by atoms with Crippen molar-refractivity contribution >= 4 is 11.6 Å². The summed E-state index contributed by atoms with van der Waals surface area (Å²) in [5, 5.41) is 11.0. The minimum atomic E-state index is -0.523. The van der Waals surface area contributed by atoms with Crippen LogP contribution >= 0.6 is 0 Å². The van der Waals surface area contributed by atoms with Gasteiger partial charge < -0.3 is 14.4 Å². The van der Waals surface area contributed by atoms with E-state index in [4.69, 9.17) is 9.47 Å². The predicted molar refractivity (Wildman–Crippen MR) is 102 cm³/mol. The van der Waals surface area contributed by atoms with E-state index in [1.807, 2.05) is 51.1 Å². The topological polar surface area (TPSA) is 81.9 Å². The Kier molecular flexibility index (Phi) is 6.39. The second-order valence-electron chi connectivity index (χ2n) is 7.02. The number of methoxy groups -OCH3 is 1. The van der Waals surface area contributed by atoms with E-state index >= 15 is 0 Å². The highest BCUT2D eigenvalue weighted by molar-refractivity contribution is 5.78. The number of ether oxygens (including phenoxy) is 2. The number of non-ortho nitro benzene ring substituents is 1. The highest BCUT2D eigenvalue weighted by Gasteiger charge is 2.27. The normalized spacial score (nSPS) is 11.0. The largest absolute Gasteiger partial charge is 0.493 e. The summed E-state index contributed by atoms with van der Waals surface area (Å²) in [7, 11) is 1.44. The van der Waals surface area contributed by atoms with Crippen LogP contribution in [0.3, 0.4) is 0 Å². The number of hydrogen-bond donors (Lipinski definition) is 0. The zero-order valence-corrected chi connectivity index (χ0v) is 16.0. The van der Waals surface area contributed by atoms with Crippen LogP contribution in [0.5, 0.6) is 11.5 Å². The summed E-state index contributed by atoms with van der Waals surface area (Å²) in [5.74, 6) is 0.271. The van der Waals surface area contributed by atoms with Gasteiger partial charge in [-0.1, -0.05) is 30.3 Å². The average Bonchev–Trinajstić information content (AvgIpc) is 2.63. The Morgan fingerprint density at radius 3 is 2.33 bits per heavy atom. The van der Waals surface area contributed by atoms with Gasteiger partial charge in [-0.15, -0.1) is 0 Å². The Bertz CT molecular complexity index is 800. The van der Waals surface area contributed by atoms with Gasteiger partial charge in [0.1, 0.15) is 0 Å². The maximum Gasteiger partial charge on any atom is 0.273 e. The molecular formula is C20H24N2O5. The van der Waals surface area contributed by atoms with Crippen LogP contribution in [0.4, 0.5) is 5.69 Å². The van der Waals surface area contributed by atoms with Gasteiger partial charge in [-0.25, -0.2) is 0 Å². The zero-order chi connectivity index (χ0) is 20.0. The number of carbonyl (C=O) groups is 1. The summed E-state index contributed by atoms with van der Waals surface area (Å²) < 4.78 is 10.7. The first-order valence-corrected chi connectivity index (χ1v) is 8.52. The Morgan fingerprint density at radius 2 is 1.78 bits per heavy atom. The minimum absolute atomic E-state index is 0.129. The van der Waals surface area contributed by atoms with Crippen LogP contribution in [0.2, 0.25) is 0 Å². The standard InChI is InChI=1S/C20H24N2O5/c1-20(2,3)21(13-15-8-6-5-7-9-15)19(23)14-27-18-12-16(22(24)25)10-11-17(18)26-4/h5-12H,13-14H2,1-4H3. The van der Waals surface area contributed by atoms with Crippen LogP contribution in [0.25, 0.3) is 0 Å². The fraction of sp³-hybridized carbons (Fsp3) is 0.350. The number of rotatable bonds is 7. The Balaban J connectivity index is 2.16. The van der Waals surface area contributed by atoms with Crippen molar-refractivity contribution < 1.29 is 19.2 Å². The van der Waals surface area contributed by atoms with Gasteiger partial charge >= 0.3 is 0 Å². The molecule has 0 heterocycles. The second-order valence-corrected chi connectivity index (χ2v) is 7.02. The highest BCUT2D eigenvalue weighted by atomic mass is 16.6. The van der Waals surface area contributed by atoms with Crippen molar-refractivity contribution in [2.45, 2.75) is 32.9 Å². The molecule has 0 bridgehead atoms. The molecule has 2 rings (SSSR count). The van der Waals surface area contributed by atoms with Crippen LogP contribution in [0.15, 0.2) is 48.5 Å². The van der Waals surface area contributed by atoms with E-state index in [0.29, 0.717) is 12.3 Å². The van der Waals surface area contributed by atoms with Crippen molar-refractivity contribution in [2.75, 3.05) is 13.7 Å². The molecule has 0 aliphatic carbocycles. The van der Waals surface area contributed by atoms with Gasteiger partial charge in [0.05, 0.1) is 18.1 Å². The van der Waals surface area contributed by atoms with Crippen LogP contribution in [0, 0.1) is 10.1 Å². The number of benzene rings is 2. The number of nitro groups is 1. The number of amides is 1. The van der Waals surface area contributed by atoms with Gasteiger partial charge in [-0.2, -0.15) is 0 Å². The number of nitro benzene ring substituents is 1. The lowest BCUT2D eigenvalue weighted by Crippen LogP contribution is -2.47. The number of nitrogens with zero attached hydrogens (tertiary/aromatic N) is 2. The minimum Gasteiger partial charge on any atom is -0.493 e. The molecule has 0 atom stereocenters. The third kappa shape index (κ3) is 5.44. The fourth-order valence-electron chi connectivity index (χ4n) is 2.57. The third-order valence-electron chi connectivity index (χ3n) is 4.00. The van der Waals surface area contributed by atoms with Crippen molar-refractivity contribution in [3.63, 3.8) is 0 Å². The summed E-state index contributed by atoms with van der Waals surface area (Å²) in [6.45, 7) is 6.03. The van der Waals surface area contributed by atoms with Gasteiger partial charge in [0.2, 0.25) is 0 Å². The van der Waals surface area contributed by atoms with Crippen molar-refractivity contribution in [1.29, 1.82) is 0 Å². The van der Waals surface area contributed by atoms with E-state index in [2.05, 4.69) is 0 Å². The lowest BCUT2D eigenvalue weighted by atomic mass is 10.0. The summed E-state index contributed by atoms with van der Waals surface area (Å²) in [5.41, 5.74) is 0.465. The Labute approximate surface area is 158 Å². The SMILES string of the molecule is COc1ccc([N+](=O)[O-])cc1OCC(=O)N(Cc1ccccc1)C(C)(C)C. The molecule has 0 unspecified atom stereocenters.